The van der Waals surface area contributed by atoms with Crippen LogP contribution in [0.15, 0.2) is 0 Å². The average Bonchev–Trinajstić information content (AvgIpc) is 2.13. The second kappa shape index (κ2) is 6.46. The quantitative estimate of drug-likeness (QED) is 0.606. The molecule has 0 saturated heterocycles. The van der Waals surface area contributed by atoms with E-state index in [1.165, 1.54) is 25.7 Å². The molecule has 0 radical (unpaired) electrons. The van der Waals surface area contributed by atoms with Crippen molar-refractivity contribution in [3.8, 4) is 0 Å². The van der Waals surface area contributed by atoms with Crippen LogP contribution < -0.4 is 5.73 Å². The predicted molar refractivity (Wildman–Crippen MR) is 61.7 cm³/mol. The molecule has 0 heterocycles. The van der Waals surface area contributed by atoms with Crippen molar-refractivity contribution in [3.05, 3.63) is 0 Å². The molecule has 0 aromatic carbocycles. The first-order chi connectivity index (χ1) is 7.14. The van der Waals surface area contributed by atoms with E-state index in [0.717, 1.165) is 32.0 Å². The van der Waals surface area contributed by atoms with Gasteiger partial charge < -0.3 is 15.6 Å². The summed E-state index contributed by atoms with van der Waals surface area (Å²) < 4.78 is 5.54. The fraction of sp³-hybridized carbons (Fsp3) is 1.00. The Bertz CT molecular complexity index is 167. The molecule has 0 aliphatic heterocycles. The van der Waals surface area contributed by atoms with E-state index in [9.17, 15) is 0 Å². The minimum atomic E-state index is -0.433. The van der Waals surface area contributed by atoms with E-state index in [1.54, 1.807) is 0 Å². The third-order valence-corrected chi connectivity index (χ3v) is 3.29. The van der Waals surface area contributed by atoms with Crippen molar-refractivity contribution in [2.75, 3.05) is 19.8 Å². The van der Waals surface area contributed by atoms with Gasteiger partial charge in [0.1, 0.15) is 0 Å². The molecule has 0 aromatic heterocycles. The van der Waals surface area contributed by atoms with E-state index >= 15 is 0 Å². The molecule has 3 heteroatoms. The highest BCUT2D eigenvalue weighted by atomic mass is 16.5. The minimum absolute atomic E-state index is 0.0507. The largest absolute Gasteiger partial charge is 0.394 e. The Morgan fingerprint density at radius 3 is 2.67 bits per heavy atom. The Morgan fingerprint density at radius 2 is 2.13 bits per heavy atom. The molecule has 15 heavy (non-hydrogen) atoms. The number of ether oxygens (including phenoxy) is 1. The first kappa shape index (κ1) is 12.9. The van der Waals surface area contributed by atoms with Crippen LogP contribution in [0.25, 0.3) is 0 Å². The van der Waals surface area contributed by atoms with Gasteiger partial charge in [-0.3, -0.25) is 0 Å². The summed E-state index contributed by atoms with van der Waals surface area (Å²) in [5.41, 5.74) is 5.37. The Hall–Kier alpha value is -0.120. The summed E-state index contributed by atoms with van der Waals surface area (Å²) >= 11 is 0. The van der Waals surface area contributed by atoms with Gasteiger partial charge in [0.15, 0.2) is 0 Å². The summed E-state index contributed by atoms with van der Waals surface area (Å²) in [6, 6.07) is 0. The summed E-state index contributed by atoms with van der Waals surface area (Å²) in [7, 11) is 0. The summed E-state index contributed by atoms with van der Waals surface area (Å²) in [5.74, 6) is 0.933. The van der Waals surface area contributed by atoms with Gasteiger partial charge in [0, 0.05) is 18.8 Å². The average molecular weight is 215 g/mol. The third kappa shape index (κ3) is 5.50. The zero-order chi connectivity index (χ0) is 11.1. The van der Waals surface area contributed by atoms with Crippen LogP contribution in [0.1, 0.15) is 45.4 Å². The molecule has 0 amide bonds. The highest BCUT2D eigenvalue weighted by Gasteiger charge is 2.17. The van der Waals surface area contributed by atoms with Crippen LogP contribution in [-0.4, -0.2) is 30.5 Å². The van der Waals surface area contributed by atoms with Crippen LogP contribution in [0.4, 0.5) is 0 Å². The molecule has 0 spiro atoms. The number of aliphatic hydroxyl groups is 1. The summed E-state index contributed by atoms with van der Waals surface area (Å²) in [4.78, 5) is 0. The summed E-state index contributed by atoms with van der Waals surface area (Å²) in [5, 5.41) is 8.94. The standard InChI is InChI=1S/C12H25NO2/c1-12(13,10-14)7-3-8-15-9-6-11-4-2-5-11/h11,14H,2-10,13H2,1H3. The van der Waals surface area contributed by atoms with Crippen molar-refractivity contribution in [1.82, 2.24) is 0 Å². The summed E-state index contributed by atoms with van der Waals surface area (Å²) in [6.07, 6.45) is 7.20. The molecule has 1 rings (SSSR count). The van der Waals surface area contributed by atoms with Crippen molar-refractivity contribution in [3.63, 3.8) is 0 Å². The van der Waals surface area contributed by atoms with Crippen LogP contribution in [0.2, 0.25) is 0 Å². The molecule has 3 nitrogen and oxygen atoms in total. The zero-order valence-corrected chi connectivity index (χ0v) is 9.87. The third-order valence-electron chi connectivity index (χ3n) is 3.29. The maximum absolute atomic E-state index is 8.94. The molecule has 1 fully saturated rings. The molecule has 3 N–H and O–H groups in total. The fourth-order valence-electron chi connectivity index (χ4n) is 1.79. The molecule has 0 bridgehead atoms. The first-order valence-electron chi connectivity index (χ1n) is 6.11. The van der Waals surface area contributed by atoms with E-state index in [2.05, 4.69) is 0 Å². The Labute approximate surface area is 93.0 Å². The van der Waals surface area contributed by atoms with E-state index < -0.39 is 5.54 Å². The van der Waals surface area contributed by atoms with Gasteiger partial charge in [-0.1, -0.05) is 19.3 Å². The number of nitrogens with two attached hydrogens (primary N) is 1. The molecule has 90 valence electrons. The second-order valence-electron chi connectivity index (χ2n) is 5.11. The molecule has 1 aliphatic carbocycles. The molecular formula is C12H25NO2. The van der Waals surface area contributed by atoms with Crippen LogP contribution in [-0.2, 0) is 4.74 Å². The van der Waals surface area contributed by atoms with Gasteiger partial charge in [-0.05, 0) is 32.1 Å². The Kier molecular flexibility index (Phi) is 5.58. The number of aliphatic hydroxyl groups excluding tert-OH is 1. The molecule has 1 aliphatic rings. The van der Waals surface area contributed by atoms with Crippen molar-refractivity contribution >= 4 is 0 Å². The van der Waals surface area contributed by atoms with E-state index in [0.29, 0.717) is 0 Å². The van der Waals surface area contributed by atoms with Crippen LogP contribution in [0.3, 0.4) is 0 Å². The number of rotatable bonds is 8. The lowest BCUT2D eigenvalue weighted by atomic mass is 9.83. The maximum atomic E-state index is 8.94. The van der Waals surface area contributed by atoms with Crippen LogP contribution in [0.5, 0.6) is 0 Å². The van der Waals surface area contributed by atoms with Gasteiger partial charge in [0.2, 0.25) is 0 Å². The van der Waals surface area contributed by atoms with E-state index in [-0.39, 0.29) is 6.61 Å². The molecule has 1 atom stereocenters. The van der Waals surface area contributed by atoms with E-state index in [4.69, 9.17) is 15.6 Å². The van der Waals surface area contributed by atoms with Gasteiger partial charge in [-0.25, -0.2) is 0 Å². The van der Waals surface area contributed by atoms with Crippen molar-refractivity contribution < 1.29 is 9.84 Å². The highest BCUT2D eigenvalue weighted by molar-refractivity contribution is 4.76. The van der Waals surface area contributed by atoms with Crippen molar-refractivity contribution in [2.24, 2.45) is 11.7 Å². The van der Waals surface area contributed by atoms with Gasteiger partial charge >= 0.3 is 0 Å². The molecule has 1 unspecified atom stereocenters. The van der Waals surface area contributed by atoms with Gasteiger partial charge in [-0.2, -0.15) is 0 Å². The fourth-order valence-corrected chi connectivity index (χ4v) is 1.79. The zero-order valence-electron chi connectivity index (χ0n) is 9.87. The SMILES string of the molecule is CC(N)(CO)CCCOCCC1CCC1. The lowest BCUT2D eigenvalue weighted by Gasteiger charge is -2.25. The number of hydrogen-bond acceptors (Lipinski definition) is 3. The Balaban J connectivity index is 1.84. The van der Waals surface area contributed by atoms with Crippen LogP contribution >= 0.6 is 0 Å². The van der Waals surface area contributed by atoms with Gasteiger partial charge in [0.25, 0.3) is 0 Å². The van der Waals surface area contributed by atoms with Crippen molar-refractivity contribution in [2.45, 2.75) is 51.0 Å². The smallest absolute Gasteiger partial charge is 0.0608 e. The van der Waals surface area contributed by atoms with Gasteiger partial charge in [0.05, 0.1) is 6.61 Å². The number of hydrogen-bond donors (Lipinski definition) is 2. The Morgan fingerprint density at radius 1 is 1.40 bits per heavy atom. The lowest BCUT2D eigenvalue weighted by molar-refractivity contribution is 0.0962. The normalized spacial score (nSPS) is 21.0. The predicted octanol–water partition coefficient (Wildman–Crippen LogP) is 1.68. The lowest BCUT2D eigenvalue weighted by Crippen LogP contribution is -2.40. The topological polar surface area (TPSA) is 55.5 Å². The highest BCUT2D eigenvalue weighted by Crippen LogP contribution is 2.29. The van der Waals surface area contributed by atoms with Crippen LogP contribution in [0, 0.1) is 5.92 Å². The van der Waals surface area contributed by atoms with Crippen molar-refractivity contribution in [1.29, 1.82) is 0 Å². The van der Waals surface area contributed by atoms with E-state index in [1.807, 2.05) is 6.92 Å². The summed E-state index contributed by atoms with van der Waals surface area (Å²) in [6.45, 7) is 3.60. The minimum Gasteiger partial charge on any atom is -0.394 e. The molecular weight excluding hydrogens is 190 g/mol. The monoisotopic (exact) mass is 215 g/mol. The molecule has 0 aromatic rings. The second-order valence-corrected chi connectivity index (χ2v) is 5.11. The van der Waals surface area contributed by atoms with Gasteiger partial charge in [-0.15, -0.1) is 0 Å². The first-order valence-corrected chi connectivity index (χ1v) is 6.11. The maximum Gasteiger partial charge on any atom is 0.0608 e. The molecule has 1 saturated carbocycles.